The van der Waals surface area contributed by atoms with Gasteiger partial charge in [-0.1, -0.05) is 0 Å². The van der Waals surface area contributed by atoms with Crippen molar-refractivity contribution in [2.24, 2.45) is 0 Å². The van der Waals surface area contributed by atoms with E-state index in [1.807, 2.05) is 0 Å². The summed E-state index contributed by atoms with van der Waals surface area (Å²) in [5, 5.41) is 0. The van der Waals surface area contributed by atoms with Crippen molar-refractivity contribution < 1.29 is 19.0 Å². The first-order valence-electron chi connectivity index (χ1n) is 4.60. The van der Waals surface area contributed by atoms with Crippen LogP contribution in [0.1, 0.15) is 12.8 Å². The van der Waals surface area contributed by atoms with Crippen LogP contribution in [-0.2, 0) is 14.2 Å². The number of carbonyl (C=O) groups excluding carboxylic acids is 1. The molecule has 1 heterocycles. The molecule has 0 aromatic heterocycles. The van der Waals surface area contributed by atoms with E-state index in [1.165, 1.54) is 7.11 Å². The highest BCUT2D eigenvalue weighted by Gasteiger charge is 2.36. The van der Waals surface area contributed by atoms with Crippen LogP contribution in [0.25, 0.3) is 0 Å². The summed E-state index contributed by atoms with van der Waals surface area (Å²) < 4.78 is 15.2. The molecule has 5 heteroatoms. The number of ether oxygens (including phenoxy) is 3. The van der Waals surface area contributed by atoms with Crippen molar-refractivity contribution in [2.75, 3.05) is 34.4 Å². The fourth-order valence-corrected chi connectivity index (χ4v) is 1.65. The second kappa shape index (κ2) is 4.61. The number of nitrogens with zero attached hydrogens (tertiary/aromatic N) is 1. The van der Waals surface area contributed by atoms with Gasteiger partial charge in [0, 0.05) is 40.2 Å². The standard InChI is InChI=1S/C9H17NO4/c1-12-8(11)10-6-4-9(13-2,14-3)5-7-10/h4-7H2,1-3H3. The van der Waals surface area contributed by atoms with E-state index >= 15 is 0 Å². The SMILES string of the molecule is COC(=O)N1CCC(OC)(OC)CC1. The number of hydrogen-bond donors (Lipinski definition) is 0. The molecule has 0 atom stereocenters. The van der Waals surface area contributed by atoms with E-state index in [-0.39, 0.29) is 6.09 Å². The van der Waals surface area contributed by atoms with E-state index in [0.29, 0.717) is 25.9 Å². The van der Waals surface area contributed by atoms with Crippen molar-refractivity contribution in [3.63, 3.8) is 0 Å². The monoisotopic (exact) mass is 203 g/mol. The van der Waals surface area contributed by atoms with Crippen molar-refractivity contribution in [2.45, 2.75) is 18.6 Å². The van der Waals surface area contributed by atoms with Gasteiger partial charge in [0.25, 0.3) is 0 Å². The first-order chi connectivity index (χ1) is 6.67. The highest BCUT2D eigenvalue weighted by Crippen LogP contribution is 2.26. The quantitative estimate of drug-likeness (QED) is 0.624. The number of methoxy groups -OCH3 is 3. The lowest BCUT2D eigenvalue weighted by molar-refractivity contribution is -0.227. The maximum absolute atomic E-state index is 11.2. The van der Waals surface area contributed by atoms with Crippen molar-refractivity contribution in [3.8, 4) is 0 Å². The van der Waals surface area contributed by atoms with Crippen LogP contribution >= 0.6 is 0 Å². The second-order valence-electron chi connectivity index (χ2n) is 3.28. The minimum Gasteiger partial charge on any atom is -0.453 e. The maximum atomic E-state index is 11.2. The third-order valence-corrected chi connectivity index (χ3v) is 2.70. The number of rotatable bonds is 2. The molecule has 82 valence electrons. The van der Waals surface area contributed by atoms with Gasteiger partial charge in [-0.25, -0.2) is 4.79 Å². The van der Waals surface area contributed by atoms with Crippen molar-refractivity contribution >= 4 is 6.09 Å². The van der Waals surface area contributed by atoms with E-state index in [4.69, 9.17) is 9.47 Å². The first-order valence-corrected chi connectivity index (χ1v) is 4.60. The van der Waals surface area contributed by atoms with Crippen LogP contribution in [0.4, 0.5) is 4.79 Å². The number of amides is 1. The molecule has 1 aliphatic rings. The number of carbonyl (C=O) groups is 1. The predicted octanol–water partition coefficient (Wildman–Crippen LogP) is 0.838. The largest absolute Gasteiger partial charge is 0.453 e. The van der Waals surface area contributed by atoms with Crippen LogP contribution < -0.4 is 0 Å². The van der Waals surface area contributed by atoms with Crippen LogP contribution in [0.5, 0.6) is 0 Å². The Morgan fingerprint density at radius 1 is 1.14 bits per heavy atom. The summed E-state index contributed by atoms with van der Waals surface area (Å²) in [5.74, 6) is -0.523. The van der Waals surface area contributed by atoms with Gasteiger partial charge in [0.2, 0.25) is 0 Å². The van der Waals surface area contributed by atoms with Crippen LogP contribution in [0, 0.1) is 0 Å². The smallest absolute Gasteiger partial charge is 0.409 e. The molecule has 0 saturated carbocycles. The lowest BCUT2D eigenvalue weighted by atomic mass is 10.0. The zero-order chi connectivity index (χ0) is 10.6. The van der Waals surface area contributed by atoms with E-state index in [0.717, 1.165) is 0 Å². The summed E-state index contributed by atoms with van der Waals surface area (Å²) in [6.07, 6.45) is 1.07. The van der Waals surface area contributed by atoms with Gasteiger partial charge in [-0.15, -0.1) is 0 Å². The van der Waals surface area contributed by atoms with Crippen LogP contribution in [0.15, 0.2) is 0 Å². The normalized spacial score (nSPS) is 20.6. The zero-order valence-electron chi connectivity index (χ0n) is 8.91. The summed E-state index contributed by atoms with van der Waals surface area (Å²) in [5.41, 5.74) is 0. The van der Waals surface area contributed by atoms with Gasteiger partial charge in [-0.3, -0.25) is 0 Å². The molecule has 14 heavy (non-hydrogen) atoms. The van der Waals surface area contributed by atoms with Crippen molar-refractivity contribution in [1.82, 2.24) is 4.90 Å². The van der Waals surface area contributed by atoms with E-state index in [9.17, 15) is 4.79 Å². The summed E-state index contributed by atoms with van der Waals surface area (Å²) in [6, 6.07) is 0. The van der Waals surface area contributed by atoms with Gasteiger partial charge in [0.15, 0.2) is 5.79 Å². The average molecular weight is 203 g/mol. The predicted molar refractivity (Wildman–Crippen MR) is 50.0 cm³/mol. The third-order valence-electron chi connectivity index (χ3n) is 2.70. The molecular formula is C9H17NO4. The van der Waals surface area contributed by atoms with Gasteiger partial charge in [-0.05, 0) is 0 Å². The summed E-state index contributed by atoms with van der Waals surface area (Å²) >= 11 is 0. The number of piperidine rings is 1. The van der Waals surface area contributed by atoms with Crippen molar-refractivity contribution in [3.05, 3.63) is 0 Å². The summed E-state index contributed by atoms with van der Waals surface area (Å²) in [6.45, 7) is 1.21. The molecule has 1 rings (SSSR count). The fourth-order valence-electron chi connectivity index (χ4n) is 1.65. The Morgan fingerprint density at radius 3 is 2.00 bits per heavy atom. The minimum absolute atomic E-state index is 0.286. The molecule has 0 aromatic rings. The summed E-state index contributed by atoms with van der Waals surface area (Å²) in [7, 11) is 4.63. The van der Waals surface area contributed by atoms with Crippen molar-refractivity contribution in [1.29, 1.82) is 0 Å². The topological polar surface area (TPSA) is 48.0 Å². The van der Waals surface area contributed by atoms with Gasteiger partial charge < -0.3 is 19.1 Å². The molecule has 0 aromatic carbocycles. The Balaban J connectivity index is 2.48. The molecular weight excluding hydrogens is 186 g/mol. The molecule has 1 amide bonds. The van der Waals surface area contributed by atoms with Gasteiger partial charge in [0.05, 0.1) is 7.11 Å². The van der Waals surface area contributed by atoms with E-state index in [2.05, 4.69) is 4.74 Å². The Bertz CT molecular complexity index is 193. The first kappa shape index (κ1) is 11.3. The molecule has 0 bridgehead atoms. The molecule has 0 aliphatic carbocycles. The van der Waals surface area contributed by atoms with Gasteiger partial charge >= 0.3 is 6.09 Å². The van der Waals surface area contributed by atoms with Gasteiger partial charge in [0.1, 0.15) is 0 Å². The van der Waals surface area contributed by atoms with Crippen LogP contribution in [0.3, 0.4) is 0 Å². The average Bonchev–Trinajstić information content (AvgIpc) is 2.28. The zero-order valence-corrected chi connectivity index (χ0v) is 8.91. The Kier molecular flexibility index (Phi) is 3.71. The molecule has 0 unspecified atom stereocenters. The molecule has 1 aliphatic heterocycles. The summed E-state index contributed by atoms with van der Waals surface area (Å²) in [4.78, 5) is 12.8. The van der Waals surface area contributed by atoms with Crippen LogP contribution in [-0.4, -0.2) is 51.2 Å². The van der Waals surface area contributed by atoms with E-state index < -0.39 is 5.79 Å². The molecule has 0 spiro atoms. The lowest BCUT2D eigenvalue weighted by Crippen LogP contribution is -2.48. The Labute approximate surface area is 83.9 Å². The Morgan fingerprint density at radius 2 is 1.64 bits per heavy atom. The van der Waals surface area contributed by atoms with E-state index in [1.54, 1.807) is 19.1 Å². The fraction of sp³-hybridized carbons (Fsp3) is 0.889. The second-order valence-corrected chi connectivity index (χ2v) is 3.28. The number of likely N-dealkylation sites (tertiary alicyclic amines) is 1. The molecule has 1 fully saturated rings. The molecule has 0 N–H and O–H groups in total. The highest BCUT2D eigenvalue weighted by molar-refractivity contribution is 5.67. The Hall–Kier alpha value is -0.810. The number of hydrogen-bond acceptors (Lipinski definition) is 4. The molecule has 1 saturated heterocycles. The third kappa shape index (κ3) is 2.16. The lowest BCUT2D eigenvalue weighted by Gasteiger charge is -2.38. The maximum Gasteiger partial charge on any atom is 0.409 e. The van der Waals surface area contributed by atoms with Gasteiger partial charge in [-0.2, -0.15) is 0 Å². The molecule has 5 nitrogen and oxygen atoms in total. The minimum atomic E-state index is -0.523. The highest BCUT2D eigenvalue weighted by atomic mass is 16.7. The molecule has 0 radical (unpaired) electrons. The van der Waals surface area contributed by atoms with Crippen LogP contribution in [0.2, 0.25) is 0 Å².